The van der Waals surface area contributed by atoms with Gasteiger partial charge in [-0.15, -0.1) is 0 Å². The van der Waals surface area contributed by atoms with E-state index in [4.69, 9.17) is 21.1 Å². The zero-order chi connectivity index (χ0) is 22.1. The molecular weight excluding hydrogens is 404 g/mol. The lowest BCUT2D eigenvalue weighted by molar-refractivity contribution is 0.0490. The molecule has 1 atom stereocenters. The van der Waals surface area contributed by atoms with Crippen molar-refractivity contribution in [2.45, 2.75) is 70.2 Å². The van der Waals surface area contributed by atoms with Crippen LogP contribution in [-0.2, 0) is 9.47 Å². The molecule has 1 aromatic carbocycles. The van der Waals surface area contributed by atoms with Crippen LogP contribution in [0.3, 0.4) is 0 Å². The second-order valence-corrected chi connectivity index (χ2v) is 9.01. The van der Waals surface area contributed by atoms with Crippen LogP contribution in [0.5, 0.6) is 0 Å². The molecule has 1 aliphatic carbocycles. The van der Waals surface area contributed by atoms with E-state index in [1.165, 1.54) is 0 Å². The Morgan fingerprint density at radius 2 is 1.83 bits per heavy atom. The molecule has 0 aromatic heterocycles. The summed E-state index contributed by atoms with van der Waals surface area (Å²) in [6.45, 7) is 6.18. The van der Waals surface area contributed by atoms with Gasteiger partial charge in [0, 0.05) is 37.8 Å². The van der Waals surface area contributed by atoms with E-state index in [2.05, 4.69) is 20.9 Å². The van der Waals surface area contributed by atoms with Crippen LogP contribution in [0.1, 0.15) is 58.1 Å². The number of carbonyl (C=O) groups excluding carboxylic acids is 1. The maximum atomic E-state index is 11.9. The smallest absolute Gasteiger partial charge is 0.407 e. The fraction of sp³-hybridized carbons (Fsp3) is 0.636. The van der Waals surface area contributed by atoms with Gasteiger partial charge in [0.2, 0.25) is 0 Å². The van der Waals surface area contributed by atoms with E-state index in [9.17, 15) is 4.79 Å². The summed E-state index contributed by atoms with van der Waals surface area (Å²) >= 11 is 6.09. The number of ether oxygens (including phenoxy) is 2. The highest BCUT2D eigenvalue weighted by molar-refractivity contribution is 6.30. The largest absolute Gasteiger partial charge is 0.444 e. The number of hydrogen-bond donors (Lipinski definition) is 3. The highest BCUT2D eigenvalue weighted by Gasteiger charge is 2.25. The summed E-state index contributed by atoms with van der Waals surface area (Å²) in [6, 6.07) is 8.12. The van der Waals surface area contributed by atoms with E-state index < -0.39 is 5.60 Å². The molecule has 2 rings (SSSR count). The molecule has 168 valence electrons. The van der Waals surface area contributed by atoms with Gasteiger partial charge in [0.15, 0.2) is 5.96 Å². The molecule has 1 aliphatic rings. The molecule has 0 saturated heterocycles. The number of nitrogens with zero attached hydrogens (tertiary/aromatic N) is 1. The molecule has 1 saturated carbocycles. The van der Waals surface area contributed by atoms with Gasteiger partial charge in [-0.3, -0.25) is 4.99 Å². The third-order valence-corrected chi connectivity index (χ3v) is 5.21. The van der Waals surface area contributed by atoms with Crippen LogP contribution < -0.4 is 16.0 Å². The van der Waals surface area contributed by atoms with E-state index in [1.807, 2.05) is 45.0 Å². The number of nitrogens with one attached hydrogen (secondary N) is 3. The van der Waals surface area contributed by atoms with Gasteiger partial charge < -0.3 is 25.4 Å². The average molecular weight is 439 g/mol. The first kappa shape index (κ1) is 24.3. The number of carbonyl (C=O) groups is 1. The van der Waals surface area contributed by atoms with E-state index in [-0.39, 0.29) is 18.2 Å². The zero-order valence-corrected chi connectivity index (χ0v) is 19.4. The number of benzene rings is 1. The summed E-state index contributed by atoms with van der Waals surface area (Å²) in [5.74, 6) is 0.739. The summed E-state index contributed by atoms with van der Waals surface area (Å²) < 4.78 is 10.9. The number of alkyl carbamates (subject to hydrolysis) is 1. The first-order valence-corrected chi connectivity index (χ1v) is 10.8. The van der Waals surface area contributed by atoms with Crippen LogP contribution in [0, 0.1) is 0 Å². The third kappa shape index (κ3) is 8.40. The monoisotopic (exact) mass is 438 g/mol. The molecule has 1 amide bonds. The Hall–Kier alpha value is -1.99. The average Bonchev–Trinajstić information content (AvgIpc) is 2.67. The highest BCUT2D eigenvalue weighted by atomic mass is 35.5. The molecule has 0 heterocycles. The second kappa shape index (κ2) is 11.4. The maximum absolute atomic E-state index is 11.9. The van der Waals surface area contributed by atoms with Crippen LogP contribution in [-0.4, -0.2) is 50.4 Å². The Morgan fingerprint density at radius 1 is 1.20 bits per heavy atom. The van der Waals surface area contributed by atoms with Crippen molar-refractivity contribution >= 4 is 23.7 Å². The lowest BCUT2D eigenvalue weighted by Gasteiger charge is -2.31. The van der Waals surface area contributed by atoms with E-state index in [0.717, 1.165) is 37.2 Å². The fourth-order valence-electron chi connectivity index (χ4n) is 3.48. The first-order valence-electron chi connectivity index (χ1n) is 10.4. The third-order valence-electron chi connectivity index (χ3n) is 4.97. The van der Waals surface area contributed by atoms with Gasteiger partial charge in [-0.25, -0.2) is 4.79 Å². The summed E-state index contributed by atoms with van der Waals surface area (Å²) in [5, 5.41) is 10.5. The Kier molecular flexibility index (Phi) is 9.24. The molecule has 0 aliphatic heterocycles. The van der Waals surface area contributed by atoms with Gasteiger partial charge in [-0.1, -0.05) is 23.7 Å². The summed E-state index contributed by atoms with van der Waals surface area (Å²) in [5.41, 5.74) is 0.535. The van der Waals surface area contributed by atoms with Crippen molar-refractivity contribution in [1.82, 2.24) is 16.0 Å². The van der Waals surface area contributed by atoms with E-state index >= 15 is 0 Å². The Balaban J connectivity index is 1.77. The van der Waals surface area contributed by atoms with Crippen molar-refractivity contribution in [3.63, 3.8) is 0 Å². The zero-order valence-electron chi connectivity index (χ0n) is 18.6. The summed E-state index contributed by atoms with van der Waals surface area (Å²) in [6.07, 6.45) is 3.22. The molecule has 0 bridgehead atoms. The Labute approximate surface area is 185 Å². The van der Waals surface area contributed by atoms with Crippen molar-refractivity contribution in [3.8, 4) is 0 Å². The van der Waals surface area contributed by atoms with Crippen molar-refractivity contribution in [2.24, 2.45) is 4.99 Å². The number of guanidine groups is 1. The minimum Gasteiger partial charge on any atom is -0.444 e. The van der Waals surface area contributed by atoms with Crippen LogP contribution in [0.2, 0.25) is 5.02 Å². The number of rotatable bonds is 6. The van der Waals surface area contributed by atoms with Crippen LogP contribution >= 0.6 is 11.6 Å². The molecule has 1 aromatic rings. The molecule has 3 N–H and O–H groups in total. The number of methoxy groups -OCH3 is 1. The minimum atomic E-state index is -0.480. The van der Waals surface area contributed by atoms with Gasteiger partial charge in [-0.2, -0.15) is 0 Å². The van der Waals surface area contributed by atoms with Crippen LogP contribution in [0.4, 0.5) is 4.79 Å². The van der Waals surface area contributed by atoms with Crippen LogP contribution in [0.25, 0.3) is 0 Å². The molecule has 8 heteroatoms. The normalized spacial score (nSPS) is 20.9. The van der Waals surface area contributed by atoms with Crippen LogP contribution in [0.15, 0.2) is 29.3 Å². The lowest BCUT2D eigenvalue weighted by Crippen LogP contribution is -2.48. The second-order valence-electron chi connectivity index (χ2n) is 8.57. The molecule has 0 radical (unpaired) electrons. The van der Waals surface area contributed by atoms with Gasteiger partial charge in [0.05, 0.1) is 6.10 Å². The fourth-order valence-corrected chi connectivity index (χ4v) is 3.68. The number of halogens is 1. The quantitative estimate of drug-likeness (QED) is 0.461. The lowest BCUT2D eigenvalue weighted by atomic mass is 9.91. The standard InChI is InChI=1S/C22H35ClN4O3/c1-22(2,3)30-21(28)27-18-11-9-17(10-12-18)26-20(24-4)25-14-19(29-5)15-7-6-8-16(23)13-15/h6-8,13,17-19H,9-12,14H2,1-5H3,(H,27,28)(H2,24,25,26). The maximum Gasteiger partial charge on any atom is 0.407 e. The molecule has 7 nitrogen and oxygen atoms in total. The molecular formula is C22H35ClN4O3. The van der Waals surface area contributed by atoms with Gasteiger partial charge in [-0.05, 0) is 64.2 Å². The van der Waals surface area contributed by atoms with Crippen molar-refractivity contribution in [2.75, 3.05) is 20.7 Å². The Morgan fingerprint density at radius 3 is 2.37 bits per heavy atom. The molecule has 30 heavy (non-hydrogen) atoms. The summed E-state index contributed by atoms with van der Waals surface area (Å²) in [7, 11) is 3.44. The number of hydrogen-bond acceptors (Lipinski definition) is 4. The molecule has 1 unspecified atom stereocenters. The summed E-state index contributed by atoms with van der Waals surface area (Å²) in [4.78, 5) is 16.3. The van der Waals surface area contributed by atoms with Crippen molar-refractivity contribution in [3.05, 3.63) is 34.9 Å². The van der Waals surface area contributed by atoms with Gasteiger partial charge >= 0.3 is 6.09 Å². The predicted molar refractivity (Wildman–Crippen MR) is 121 cm³/mol. The Bertz CT molecular complexity index is 713. The molecule has 0 spiro atoms. The predicted octanol–water partition coefficient (Wildman–Crippen LogP) is 4.03. The van der Waals surface area contributed by atoms with E-state index in [1.54, 1.807) is 14.2 Å². The van der Waals surface area contributed by atoms with E-state index in [0.29, 0.717) is 17.6 Å². The van der Waals surface area contributed by atoms with Crippen molar-refractivity contribution in [1.29, 1.82) is 0 Å². The van der Waals surface area contributed by atoms with Gasteiger partial charge in [0.1, 0.15) is 5.60 Å². The minimum absolute atomic E-state index is 0.129. The highest BCUT2D eigenvalue weighted by Crippen LogP contribution is 2.21. The SMILES string of the molecule is CN=C(NCC(OC)c1cccc(Cl)c1)NC1CCC(NC(=O)OC(C)(C)C)CC1. The number of aliphatic imine (C=N–C) groups is 1. The topological polar surface area (TPSA) is 84.0 Å². The van der Waals surface area contributed by atoms with Crippen molar-refractivity contribution < 1.29 is 14.3 Å². The number of amides is 1. The van der Waals surface area contributed by atoms with Gasteiger partial charge in [0.25, 0.3) is 0 Å². The molecule has 1 fully saturated rings. The first-order chi connectivity index (χ1) is 14.2.